The summed E-state index contributed by atoms with van der Waals surface area (Å²) in [5.74, 6) is 0.327. The van der Waals surface area contributed by atoms with Gasteiger partial charge in [-0.2, -0.15) is 5.10 Å². The number of hydrogen-bond donors (Lipinski definition) is 2. The van der Waals surface area contributed by atoms with Gasteiger partial charge >= 0.3 is 0 Å². The molecule has 9 nitrogen and oxygen atoms in total. The molecule has 1 heterocycles. The van der Waals surface area contributed by atoms with E-state index in [0.29, 0.717) is 17.0 Å². The van der Waals surface area contributed by atoms with Crippen LogP contribution in [0, 0.1) is 17.0 Å². The van der Waals surface area contributed by atoms with Crippen LogP contribution in [0.2, 0.25) is 0 Å². The first-order valence-corrected chi connectivity index (χ1v) is 8.48. The van der Waals surface area contributed by atoms with Crippen molar-refractivity contribution in [2.45, 2.75) is 6.92 Å². The van der Waals surface area contributed by atoms with E-state index in [1.807, 2.05) is 0 Å². The van der Waals surface area contributed by atoms with Crippen molar-refractivity contribution in [1.29, 1.82) is 0 Å². The SMILES string of the molecule is Cc1ccc(C=NNC(=O)c2ccc(NC(=O)c3cccc([N+](=O)[O-])c3)cc2)o1. The summed E-state index contributed by atoms with van der Waals surface area (Å²) in [7, 11) is 0. The van der Waals surface area contributed by atoms with Gasteiger partial charge in [-0.05, 0) is 49.4 Å². The molecule has 146 valence electrons. The van der Waals surface area contributed by atoms with Gasteiger partial charge in [-0.15, -0.1) is 0 Å². The Labute approximate surface area is 165 Å². The van der Waals surface area contributed by atoms with Crippen molar-refractivity contribution in [3.05, 3.63) is 93.4 Å². The van der Waals surface area contributed by atoms with Crippen molar-refractivity contribution in [3.63, 3.8) is 0 Å². The minimum atomic E-state index is -0.570. The molecule has 0 aliphatic rings. The summed E-state index contributed by atoms with van der Waals surface area (Å²) in [5, 5.41) is 17.3. The monoisotopic (exact) mass is 392 g/mol. The molecule has 0 saturated heterocycles. The first kappa shape index (κ1) is 19.5. The van der Waals surface area contributed by atoms with Gasteiger partial charge in [0.1, 0.15) is 11.5 Å². The molecular weight excluding hydrogens is 376 g/mol. The number of nitrogens with one attached hydrogen (secondary N) is 2. The number of nitro groups is 1. The molecular formula is C20H16N4O5. The van der Waals surface area contributed by atoms with Crippen molar-refractivity contribution in [2.75, 3.05) is 5.32 Å². The summed E-state index contributed by atoms with van der Waals surface area (Å²) in [5.41, 5.74) is 3.14. The molecule has 0 aliphatic carbocycles. The van der Waals surface area contributed by atoms with Gasteiger partial charge in [-0.3, -0.25) is 19.7 Å². The lowest BCUT2D eigenvalue weighted by Crippen LogP contribution is -2.17. The standard InChI is InChI=1S/C20H16N4O5/c1-13-5-10-18(29-13)12-21-23-20(26)14-6-8-16(9-7-14)22-19(25)15-3-2-4-17(11-15)24(27)28/h2-12H,1H3,(H,22,25)(H,23,26). The number of non-ortho nitro benzene ring substituents is 1. The van der Waals surface area contributed by atoms with Crippen LogP contribution in [0.5, 0.6) is 0 Å². The van der Waals surface area contributed by atoms with Gasteiger partial charge < -0.3 is 9.73 Å². The van der Waals surface area contributed by atoms with Gasteiger partial charge in [0.15, 0.2) is 0 Å². The highest BCUT2D eigenvalue weighted by Gasteiger charge is 2.12. The van der Waals surface area contributed by atoms with Crippen molar-refractivity contribution in [2.24, 2.45) is 5.10 Å². The average Bonchev–Trinajstić information content (AvgIpc) is 3.13. The molecule has 0 bridgehead atoms. The first-order valence-electron chi connectivity index (χ1n) is 8.48. The Morgan fingerprint density at radius 2 is 1.79 bits per heavy atom. The highest BCUT2D eigenvalue weighted by atomic mass is 16.6. The highest BCUT2D eigenvalue weighted by molar-refractivity contribution is 6.05. The summed E-state index contributed by atoms with van der Waals surface area (Å²) in [4.78, 5) is 34.6. The first-order chi connectivity index (χ1) is 13.9. The molecule has 0 aliphatic heterocycles. The minimum Gasteiger partial charge on any atom is -0.460 e. The maximum atomic E-state index is 12.2. The van der Waals surface area contributed by atoms with Gasteiger partial charge in [0.05, 0.1) is 11.1 Å². The van der Waals surface area contributed by atoms with E-state index in [2.05, 4.69) is 15.8 Å². The number of hydrazone groups is 1. The molecule has 0 radical (unpaired) electrons. The van der Waals surface area contributed by atoms with Crippen LogP contribution in [0.4, 0.5) is 11.4 Å². The summed E-state index contributed by atoms with van der Waals surface area (Å²) in [6, 6.07) is 15.0. The third-order valence-electron chi connectivity index (χ3n) is 3.84. The highest BCUT2D eigenvalue weighted by Crippen LogP contribution is 2.16. The van der Waals surface area contributed by atoms with Gasteiger partial charge in [0.2, 0.25) is 0 Å². The van der Waals surface area contributed by atoms with Crippen LogP contribution in [0.15, 0.2) is 70.2 Å². The second kappa shape index (κ2) is 8.61. The Kier molecular flexibility index (Phi) is 5.79. The number of hydrogen-bond acceptors (Lipinski definition) is 6. The number of nitrogens with zero attached hydrogens (tertiary/aromatic N) is 2. The van der Waals surface area contributed by atoms with Gasteiger partial charge in [-0.25, -0.2) is 5.43 Å². The topological polar surface area (TPSA) is 127 Å². The third kappa shape index (κ3) is 5.13. The summed E-state index contributed by atoms with van der Waals surface area (Å²) in [6.07, 6.45) is 1.39. The fourth-order valence-electron chi connectivity index (χ4n) is 2.41. The smallest absolute Gasteiger partial charge is 0.271 e. The lowest BCUT2D eigenvalue weighted by molar-refractivity contribution is -0.384. The molecule has 2 N–H and O–H groups in total. The number of furan rings is 1. The van der Waals surface area contributed by atoms with E-state index in [1.165, 1.54) is 42.6 Å². The molecule has 9 heteroatoms. The van der Waals surface area contributed by atoms with Crippen molar-refractivity contribution < 1.29 is 18.9 Å². The van der Waals surface area contributed by atoms with E-state index in [4.69, 9.17) is 4.42 Å². The Morgan fingerprint density at radius 1 is 1.03 bits per heavy atom. The fraction of sp³-hybridized carbons (Fsp3) is 0.0500. The van der Waals surface area contributed by atoms with Crippen LogP contribution in [-0.4, -0.2) is 23.0 Å². The molecule has 1 aromatic heterocycles. The number of anilines is 1. The van der Waals surface area contributed by atoms with Crippen LogP contribution in [-0.2, 0) is 0 Å². The molecule has 0 saturated carbocycles. The van der Waals surface area contributed by atoms with E-state index < -0.39 is 16.7 Å². The van der Waals surface area contributed by atoms with E-state index >= 15 is 0 Å². The van der Waals surface area contributed by atoms with Crippen LogP contribution in [0.3, 0.4) is 0 Å². The predicted octanol–water partition coefficient (Wildman–Crippen LogP) is 3.51. The predicted molar refractivity (Wildman–Crippen MR) is 106 cm³/mol. The number of carbonyl (C=O) groups is 2. The third-order valence-corrected chi connectivity index (χ3v) is 3.84. The molecule has 0 atom stereocenters. The average molecular weight is 392 g/mol. The zero-order valence-electron chi connectivity index (χ0n) is 15.3. The van der Waals surface area contributed by atoms with E-state index in [-0.39, 0.29) is 11.3 Å². The Morgan fingerprint density at radius 3 is 2.45 bits per heavy atom. The van der Waals surface area contributed by atoms with Crippen LogP contribution < -0.4 is 10.7 Å². The largest absolute Gasteiger partial charge is 0.460 e. The maximum absolute atomic E-state index is 12.2. The number of nitro benzene ring substituents is 1. The lowest BCUT2D eigenvalue weighted by Gasteiger charge is -2.06. The Balaban J connectivity index is 1.60. The van der Waals surface area contributed by atoms with Crippen molar-refractivity contribution in [3.8, 4) is 0 Å². The zero-order chi connectivity index (χ0) is 20.8. The van der Waals surface area contributed by atoms with Gasteiger partial charge in [0.25, 0.3) is 17.5 Å². The van der Waals surface area contributed by atoms with E-state index in [0.717, 1.165) is 5.76 Å². The van der Waals surface area contributed by atoms with Gasteiger partial charge in [-0.1, -0.05) is 6.07 Å². The number of benzene rings is 2. The number of amides is 2. The van der Waals surface area contributed by atoms with Crippen molar-refractivity contribution in [1.82, 2.24) is 5.43 Å². The number of carbonyl (C=O) groups excluding carboxylic acids is 2. The maximum Gasteiger partial charge on any atom is 0.271 e. The molecule has 0 unspecified atom stereocenters. The van der Waals surface area contributed by atoms with Crippen LogP contribution in [0.25, 0.3) is 0 Å². The van der Waals surface area contributed by atoms with E-state index in [9.17, 15) is 19.7 Å². The molecule has 29 heavy (non-hydrogen) atoms. The van der Waals surface area contributed by atoms with Crippen molar-refractivity contribution >= 4 is 29.4 Å². The lowest BCUT2D eigenvalue weighted by atomic mass is 10.1. The summed E-state index contributed by atoms with van der Waals surface area (Å²) in [6.45, 7) is 1.80. The zero-order valence-corrected chi connectivity index (χ0v) is 15.3. The Hall–Kier alpha value is -4.27. The number of rotatable bonds is 6. The second-order valence-corrected chi connectivity index (χ2v) is 5.99. The number of aryl methyl sites for hydroxylation is 1. The normalized spacial score (nSPS) is 10.7. The summed E-state index contributed by atoms with van der Waals surface area (Å²) < 4.78 is 5.30. The quantitative estimate of drug-likeness (QED) is 0.377. The molecule has 2 amide bonds. The van der Waals surface area contributed by atoms with Crippen LogP contribution in [0.1, 0.15) is 32.2 Å². The second-order valence-electron chi connectivity index (χ2n) is 5.99. The summed E-state index contributed by atoms with van der Waals surface area (Å²) >= 11 is 0. The Bertz CT molecular complexity index is 1090. The minimum absolute atomic E-state index is 0.156. The molecule has 3 aromatic rings. The molecule has 2 aromatic carbocycles. The van der Waals surface area contributed by atoms with E-state index in [1.54, 1.807) is 31.2 Å². The molecule has 3 rings (SSSR count). The van der Waals surface area contributed by atoms with Crippen LogP contribution >= 0.6 is 0 Å². The molecule has 0 spiro atoms. The molecule has 0 fully saturated rings. The van der Waals surface area contributed by atoms with Gasteiger partial charge in [0, 0.05) is 28.9 Å². The fourth-order valence-corrected chi connectivity index (χ4v) is 2.41.